The topological polar surface area (TPSA) is 29.9 Å². The Morgan fingerprint density at radius 3 is 2.53 bits per heavy atom. The average molecular weight is 251 g/mol. The number of nitrogens with one attached hydrogen (secondary N) is 1. The Bertz CT molecular complexity index is 741. The van der Waals surface area contributed by atoms with Crippen LogP contribution in [0, 0.1) is 13.8 Å². The number of aryl methyl sites for hydroxylation is 3. The van der Waals surface area contributed by atoms with Gasteiger partial charge in [-0.15, -0.1) is 0 Å². The lowest BCUT2D eigenvalue weighted by Gasteiger charge is -2.08. The van der Waals surface area contributed by atoms with Crippen LogP contribution in [0.4, 0.5) is 11.6 Å². The van der Waals surface area contributed by atoms with E-state index < -0.39 is 0 Å². The van der Waals surface area contributed by atoms with E-state index in [9.17, 15) is 0 Å². The molecular weight excluding hydrogens is 234 g/mol. The molecule has 3 heteroatoms. The van der Waals surface area contributed by atoms with Crippen LogP contribution in [0.25, 0.3) is 11.0 Å². The maximum Gasteiger partial charge on any atom is 0.208 e. The SMILES string of the molecule is Cc1ccc(Nc2nc3ccccc3n2C)cc1C. The third-order valence-corrected chi connectivity index (χ3v) is 3.55. The summed E-state index contributed by atoms with van der Waals surface area (Å²) in [4.78, 5) is 4.61. The smallest absolute Gasteiger partial charge is 0.208 e. The van der Waals surface area contributed by atoms with Gasteiger partial charge >= 0.3 is 0 Å². The lowest BCUT2D eigenvalue weighted by Crippen LogP contribution is -1.99. The molecule has 1 N–H and O–H groups in total. The molecule has 3 rings (SSSR count). The molecule has 0 fully saturated rings. The van der Waals surface area contributed by atoms with E-state index in [2.05, 4.69) is 53.0 Å². The molecule has 1 heterocycles. The summed E-state index contributed by atoms with van der Waals surface area (Å²) < 4.78 is 2.07. The van der Waals surface area contributed by atoms with Crippen molar-refractivity contribution in [2.45, 2.75) is 13.8 Å². The molecule has 0 saturated carbocycles. The molecule has 96 valence electrons. The molecule has 2 aromatic carbocycles. The molecule has 0 radical (unpaired) electrons. The van der Waals surface area contributed by atoms with Crippen molar-refractivity contribution in [2.75, 3.05) is 5.32 Å². The van der Waals surface area contributed by atoms with E-state index in [4.69, 9.17) is 0 Å². The summed E-state index contributed by atoms with van der Waals surface area (Å²) in [5.74, 6) is 0.865. The van der Waals surface area contributed by atoms with E-state index in [0.29, 0.717) is 0 Å². The number of anilines is 2. The standard InChI is InChI=1S/C16H17N3/c1-11-8-9-13(10-12(11)2)17-16-18-14-6-4-5-7-15(14)19(16)3/h4-10H,1-3H3,(H,17,18). The number of hydrogen-bond donors (Lipinski definition) is 1. The van der Waals surface area contributed by atoms with Crippen LogP contribution < -0.4 is 5.32 Å². The van der Waals surface area contributed by atoms with Gasteiger partial charge in [-0.25, -0.2) is 4.98 Å². The highest BCUT2D eigenvalue weighted by molar-refractivity contribution is 5.79. The number of hydrogen-bond acceptors (Lipinski definition) is 2. The predicted octanol–water partition coefficient (Wildman–Crippen LogP) is 3.93. The molecule has 0 bridgehead atoms. The van der Waals surface area contributed by atoms with Crippen LogP contribution in [0.2, 0.25) is 0 Å². The summed E-state index contributed by atoms with van der Waals surface area (Å²) in [6, 6.07) is 14.5. The maximum atomic E-state index is 4.61. The zero-order valence-corrected chi connectivity index (χ0v) is 11.4. The summed E-state index contributed by atoms with van der Waals surface area (Å²) in [5, 5.41) is 3.38. The van der Waals surface area contributed by atoms with Gasteiger partial charge in [0.15, 0.2) is 0 Å². The molecule has 0 aliphatic heterocycles. The summed E-state index contributed by atoms with van der Waals surface area (Å²) in [7, 11) is 2.03. The summed E-state index contributed by atoms with van der Waals surface area (Å²) in [5.41, 5.74) is 5.80. The molecule has 0 atom stereocenters. The molecule has 19 heavy (non-hydrogen) atoms. The van der Waals surface area contributed by atoms with Gasteiger partial charge in [0, 0.05) is 12.7 Å². The first-order valence-corrected chi connectivity index (χ1v) is 6.41. The van der Waals surface area contributed by atoms with Crippen molar-refractivity contribution in [1.82, 2.24) is 9.55 Å². The Labute approximate surface area is 112 Å². The number of imidazole rings is 1. The van der Waals surface area contributed by atoms with Gasteiger partial charge < -0.3 is 9.88 Å². The second-order valence-electron chi connectivity index (χ2n) is 4.91. The van der Waals surface area contributed by atoms with Gasteiger partial charge in [0.1, 0.15) is 0 Å². The Balaban J connectivity index is 2.01. The van der Waals surface area contributed by atoms with Crippen molar-refractivity contribution < 1.29 is 0 Å². The Kier molecular flexibility index (Phi) is 2.75. The third kappa shape index (κ3) is 2.08. The normalized spacial score (nSPS) is 10.9. The second kappa shape index (κ2) is 4.43. The van der Waals surface area contributed by atoms with Crippen molar-refractivity contribution in [3.8, 4) is 0 Å². The maximum absolute atomic E-state index is 4.61. The van der Waals surface area contributed by atoms with Crippen LogP contribution in [0.3, 0.4) is 0 Å². The summed E-state index contributed by atoms with van der Waals surface area (Å²) in [6.45, 7) is 4.24. The first-order valence-electron chi connectivity index (χ1n) is 6.41. The molecule has 3 aromatic rings. The monoisotopic (exact) mass is 251 g/mol. The number of fused-ring (bicyclic) bond motifs is 1. The van der Waals surface area contributed by atoms with Crippen LogP contribution in [0.15, 0.2) is 42.5 Å². The fraction of sp³-hybridized carbons (Fsp3) is 0.188. The third-order valence-electron chi connectivity index (χ3n) is 3.55. The van der Waals surface area contributed by atoms with Crippen molar-refractivity contribution in [3.05, 3.63) is 53.6 Å². The highest BCUT2D eigenvalue weighted by Gasteiger charge is 2.07. The fourth-order valence-corrected chi connectivity index (χ4v) is 2.21. The lowest BCUT2D eigenvalue weighted by molar-refractivity contribution is 0.958. The first kappa shape index (κ1) is 11.8. The average Bonchev–Trinajstić information content (AvgIpc) is 2.72. The molecule has 0 aliphatic carbocycles. The number of para-hydroxylation sites is 2. The van der Waals surface area contributed by atoms with E-state index in [-0.39, 0.29) is 0 Å². The zero-order chi connectivity index (χ0) is 13.4. The van der Waals surface area contributed by atoms with Crippen LogP contribution in [0.5, 0.6) is 0 Å². The molecular formula is C16H17N3. The molecule has 0 saturated heterocycles. The van der Waals surface area contributed by atoms with Crippen molar-refractivity contribution in [3.63, 3.8) is 0 Å². The molecule has 0 aliphatic rings. The minimum Gasteiger partial charge on any atom is -0.326 e. The number of benzene rings is 2. The lowest BCUT2D eigenvalue weighted by atomic mass is 10.1. The van der Waals surface area contributed by atoms with E-state index in [1.165, 1.54) is 11.1 Å². The second-order valence-corrected chi connectivity index (χ2v) is 4.91. The highest BCUT2D eigenvalue weighted by Crippen LogP contribution is 2.22. The van der Waals surface area contributed by atoms with Crippen LogP contribution >= 0.6 is 0 Å². The van der Waals surface area contributed by atoms with Crippen molar-refractivity contribution in [1.29, 1.82) is 0 Å². The van der Waals surface area contributed by atoms with Gasteiger partial charge in [-0.3, -0.25) is 0 Å². The van der Waals surface area contributed by atoms with Gasteiger partial charge in [0.05, 0.1) is 11.0 Å². The van der Waals surface area contributed by atoms with E-state index >= 15 is 0 Å². The largest absolute Gasteiger partial charge is 0.326 e. The molecule has 0 amide bonds. The van der Waals surface area contributed by atoms with Crippen molar-refractivity contribution in [2.24, 2.45) is 7.05 Å². The van der Waals surface area contributed by atoms with Gasteiger partial charge in [0.25, 0.3) is 0 Å². The van der Waals surface area contributed by atoms with Crippen molar-refractivity contribution >= 4 is 22.7 Å². The van der Waals surface area contributed by atoms with E-state index in [1.54, 1.807) is 0 Å². The Hall–Kier alpha value is -2.29. The van der Waals surface area contributed by atoms with Gasteiger partial charge in [-0.1, -0.05) is 18.2 Å². The van der Waals surface area contributed by atoms with E-state index in [1.807, 2.05) is 25.2 Å². The molecule has 0 spiro atoms. The molecule has 0 unspecified atom stereocenters. The number of aromatic nitrogens is 2. The highest BCUT2D eigenvalue weighted by atomic mass is 15.2. The minimum atomic E-state index is 0.865. The van der Waals surface area contributed by atoms with Crippen LogP contribution in [-0.2, 0) is 7.05 Å². The van der Waals surface area contributed by atoms with Crippen LogP contribution in [0.1, 0.15) is 11.1 Å². The van der Waals surface area contributed by atoms with Crippen LogP contribution in [-0.4, -0.2) is 9.55 Å². The predicted molar refractivity (Wildman–Crippen MR) is 79.9 cm³/mol. The van der Waals surface area contributed by atoms with Gasteiger partial charge in [-0.2, -0.15) is 0 Å². The summed E-state index contributed by atoms with van der Waals surface area (Å²) in [6.07, 6.45) is 0. The minimum absolute atomic E-state index is 0.865. The first-order chi connectivity index (χ1) is 9.15. The zero-order valence-electron chi connectivity index (χ0n) is 11.4. The molecule has 1 aromatic heterocycles. The van der Waals surface area contributed by atoms with Gasteiger partial charge in [0.2, 0.25) is 5.95 Å². The quantitative estimate of drug-likeness (QED) is 0.747. The number of nitrogens with zero attached hydrogens (tertiary/aromatic N) is 2. The summed E-state index contributed by atoms with van der Waals surface area (Å²) >= 11 is 0. The number of rotatable bonds is 2. The Morgan fingerprint density at radius 2 is 1.79 bits per heavy atom. The van der Waals surface area contributed by atoms with Gasteiger partial charge in [-0.05, 0) is 49.2 Å². The Morgan fingerprint density at radius 1 is 1.00 bits per heavy atom. The van der Waals surface area contributed by atoms with E-state index in [0.717, 1.165) is 22.7 Å². The fourth-order valence-electron chi connectivity index (χ4n) is 2.21. The molecule has 3 nitrogen and oxygen atoms in total.